The molecule has 2 aromatic carbocycles. The summed E-state index contributed by atoms with van der Waals surface area (Å²) in [6, 6.07) is 9.83. The summed E-state index contributed by atoms with van der Waals surface area (Å²) in [6.45, 7) is 4.23. The van der Waals surface area contributed by atoms with E-state index in [0.29, 0.717) is 34.7 Å². The van der Waals surface area contributed by atoms with Crippen LogP contribution in [0.2, 0.25) is 0 Å². The average molecular weight is 498 g/mol. The molecule has 2 aromatic rings. The zero-order valence-corrected chi connectivity index (χ0v) is 21.3. The van der Waals surface area contributed by atoms with Crippen LogP contribution >= 0.6 is 0 Å². The maximum atomic E-state index is 15.2. The van der Waals surface area contributed by atoms with Gasteiger partial charge in [-0.25, -0.2) is 4.39 Å². The molecule has 0 amide bonds. The molecule has 3 aliphatic heterocycles. The molecule has 1 atom stereocenters. The maximum Gasteiger partial charge on any atom is 0.203 e. The number of hydrogen-bond acceptors (Lipinski definition) is 8. The molecule has 8 nitrogen and oxygen atoms in total. The molecule has 2 saturated heterocycles. The number of hydrazine groups is 1. The van der Waals surface area contributed by atoms with E-state index in [1.165, 1.54) is 25.9 Å². The number of anilines is 2. The standard InChI is InChI=1S/C27H36FN5O3/c1-34-24-16-19(17-25(35-2)26(24)36-3)27-29-10-15-33(27)30-20-6-7-23(22(28)18-20)32-13-8-21(9-14-32)31-11-4-5-12-31/h6-7,10,15-18,21,27,29-30H,4-5,8-9,11-14H2,1-3H3. The summed E-state index contributed by atoms with van der Waals surface area (Å²) in [5.74, 6) is 1.48. The van der Waals surface area contributed by atoms with Gasteiger partial charge in [-0.05, 0) is 63.0 Å². The highest BCUT2D eigenvalue weighted by Crippen LogP contribution is 2.41. The van der Waals surface area contributed by atoms with Gasteiger partial charge in [0, 0.05) is 43.2 Å². The summed E-state index contributed by atoms with van der Waals surface area (Å²) in [4.78, 5) is 4.80. The minimum absolute atomic E-state index is 0.208. The summed E-state index contributed by atoms with van der Waals surface area (Å²) >= 11 is 0. The Kier molecular flexibility index (Phi) is 7.27. The molecule has 5 rings (SSSR count). The Bertz CT molecular complexity index is 1060. The number of rotatable bonds is 8. The van der Waals surface area contributed by atoms with Gasteiger partial charge in [-0.1, -0.05) is 0 Å². The van der Waals surface area contributed by atoms with E-state index >= 15 is 4.39 Å². The van der Waals surface area contributed by atoms with Gasteiger partial charge in [-0.15, -0.1) is 0 Å². The highest BCUT2D eigenvalue weighted by Gasteiger charge is 2.28. The van der Waals surface area contributed by atoms with E-state index in [-0.39, 0.29) is 12.0 Å². The van der Waals surface area contributed by atoms with E-state index < -0.39 is 0 Å². The molecule has 0 aromatic heterocycles. The van der Waals surface area contributed by atoms with Gasteiger partial charge in [-0.3, -0.25) is 10.4 Å². The van der Waals surface area contributed by atoms with Crippen LogP contribution in [-0.2, 0) is 0 Å². The topological polar surface area (TPSA) is 61.5 Å². The summed E-state index contributed by atoms with van der Waals surface area (Å²) in [7, 11) is 4.77. The number of likely N-dealkylation sites (tertiary alicyclic amines) is 1. The van der Waals surface area contributed by atoms with Crippen LogP contribution < -0.4 is 29.9 Å². The Balaban J connectivity index is 1.26. The third-order valence-corrected chi connectivity index (χ3v) is 7.44. The van der Waals surface area contributed by atoms with Crippen LogP contribution in [0.5, 0.6) is 17.2 Å². The summed E-state index contributed by atoms with van der Waals surface area (Å²) in [6.07, 6.45) is 8.29. The van der Waals surface area contributed by atoms with Gasteiger partial charge in [0.1, 0.15) is 12.0 Å². The fourth-order valence-corrected chi connectivity index (χ4v) is 5.56. The smallest absolute Gasteiger partial charge is 0.203 e. The number of benzene rings is 2. The largest absolute Gasteiger partial charge is 0.493 e. The molecule has 0 spiro atoms. The predicted molar refractivity (Wildman–Crippen MR) is 139 cm³/mol. The zero-order chi connectivity index (χ0) is 25.1. The van der Waals surface area contributed by atoms with Crippen molar-refractivity contribution in [3.8, 4) is 17.2 Å². The van der Waals surface area contributed by atoms with Crippen molar-refractivity contribution in [1.82, 2.24) is 15.2 Å². The second-order valence-electron chi connectivity index (χ2n) is 9.49. The van der Waals surface area contributed by atoms with Gasteiger partial charge in [-0.2, -0.15) is 0 Å². The molecule has 36 heavy (non-hydrogen) atoms. The van der Waals surface area contributed by atoms with Crippen molar-refractivity contribution in [1.29, 1.82) is 0 Å². The second-order valence-corrected chi connectivity index (χ2v) is 9.49. The van der Waals surface area contributed by atoms with E-state index in [4.69, 9.17) is 14.2 Å². The zero-order valence-electron chi connectivity index (χ0n) is 21.3. The molecular formula is C27H36FN5O3. The Hall–Kier alpha value is -3.33. The van der Waals surface area contributed by atoms with Crippen molar-refractivity contribution in [2.75, 3.05) is 57.8 Å². The molecule has 0 radical (unpaired) electrons. The van der Waals surface area contributed by atoms with Gasteiger partial charge < -0.3 is 29.3 Å². The number of nitrogens with zero attached hydrogens (tertiary/aromatic N) is 3. The van der Waals surface area contributed by atoms with Gasteiger partial charge in [0.25, 0.3) is 0 Å². The van der Waals surface area contributed by atoms with Crippen LogP contribution in [0.3, 0.4) is 0 Å². The molecule has 1 unspecified atom stereocenters. The molecule has 2 N–H and O–H groups in total. The molecule has 0 aliphatic carbocycles. The number of methoxy groups -OCH3 is 3. The first-order valence-corrected chi connectivity index (χ1v) is 12.7. The molecular weight excluding hydrogens is 461 g/mol. The molecule has 9 heteroatoms. The lowest BCUT2D eigenvalue weighted by molar-refractivity contribution is 0.207. The summed E-state index contributed by atoms with van der Waals surface area (Å²) in [5, 5.41) is 5.20. The fraction of sp³-hybridized carbons (Fsp3) is 0.481. The van der Waals surface area contributed by atoms with E-state index in [2.05, 4.69) is 20.5 Å². The molecule has 194 valence electrons. The number of hydrogen-bond donors (Lipinski definition) is 2. The van der Waals surface area contributed by atoms with E-state index in [1.54, 1.807) is 27.4 Å². The lowest BCUT2D eigenvalue weighted by Crippen LogP contribution is -2.44. The third kappa shape index (κ3) is 4.84. The minimum atomic E-state index is -0.244. The highest BCUT2D eigenvalue weighted by atomic mass is 19.1. The van der Waals surface area contributed by atoms with Crippen LogP contribution in [0.25, 0.3) is 0 Å². The van der Waals surface area contributed by atoms with Crippen molar-refractivity contribution >= 4 is 11.4 Å². The Morgan fingerprint density at radius 3 is 2.22 bits per heavy atom. The van der Waals surface area contributed by atoms with Crippen LogP contribution in [0.4, 0.5) is 15.8 Å². The monoisotopic (exact) mass is 497 g/mol. The summed E-state index contributed by atoms with van der Waals surface area (Å²) in [5.41, 5.74) is 5.57. The molecule has 3 heterocycles. The molecule has 2 fully saturated rings. The number of piperidine rings is 1. The molecule has 3 aliphatic rings. The normalized spacial score (nSPS) is 20.5. The Morgan fingerprint density at radius 2 is 1.61 bits per heavy atom. The second kappa shape index (κ2) is 10.7. The van der Waals surface area contributed by atoms with E-state index in [9.17, 15) is 0 Å². The van der Waals surface area contributed by atoms with Gasteiger partial charge in [0.05, 0.1) is 32.7 Å². The van der Waals surface area contributed by atoms with Gasteiger partial charge in [0.2, 0.25) is 5.75 Å². The number of halogens is 1. The average Bonchev–Trinajstić information content (AvgIpc) is 3.61. The lowest BCUT2D eigenvalue weighted by atomic mass is 10.0. The quantitative estimate of drug-likeness (QED) is 0.559. The molecule has 0 bridgehead atoms. The first kappa shape index (κ1) is 24.4. The highest BCUT2D eigenvalue weighted by molar-refractivity contribution is 5.57. The van der Waals surface area contributed by atoms with Crippen LogP contribution in [0, 0.1) is 5.82 Å². The summed E-state index contributed by atoms with van der Waals surface area (Å²) < 4.78 is 31.7. The van der Waals surface area contributed by atoms with Gasteiger partial charge >= 0.3 is 0 Å². The van der Waals surface area contributed by atoms with Crippen LogP contribution in [0.15, 0.2) is 42.7 Å². The maximum absolute atomic E-state index is 15.2. The van der Waals surface area contributed by atoms with E-state index in [1.807, 2.05) is 41.7 Å². The predicted octanol–water partition coefficient (Wildman–Crippen LogP) is 4.32. The Morgan fingerprint density at radius 1 is 0.917 bits per heavy atom. The fourth-order valence-electron chi connectivity index (χ4n) is 5.56. The van der Waals surface area contributed by atoms with Crippen molar-refractivity contribution in [2.24, 2.45) is 0 Å². The van der Waals surface area contributed by atoms with Gasteiger partial charge in [0.15, 0.2) is 11.5 Å². The third-order valence-electron chi connectivity index (χ3n) is 7.44. The van der Waals surface area contributed by atoms with Crippen molar-refractivity contribution in [3.63, 3.8) is 0 Å². The SMILES string of the molecule is COc1cc(C2NC=CN2Nc2ccc(N3CCC(N4CCCC4)CC3)c(F)c2)cc(OC)c1OC. The molecule has 0 saturated carbocycles. The number of ether oxygens (including phenoxy) is 3. The minimum Gasteiger partial charge on any atom is -0.493 e. The number of nitrogens with one attached hydrogen (secondary N) is 2. The Labute approximate surface area is 212 Å². The van der Waals surface area contributed by atoms with Crippen molar-refractivity contribution in [2.45, 2.75) is 37.9 Å². The van der Waals surface area contributed by atoms with Crippen LogP contribution in [-0.4, -0.2) is 63.5 Å². The van der Waals surface area contributed by atoms with Crippen LogP contribution in [0.1, 0.15) is 37.4 Å². The van der Waals surface area contributed by atoms with Crippen molar-refractivity contribution < 1.29 is 18.6 Å². The first-order chi connectivity index (χ1) is 17.6. The first-order valence-electron chi connectivity index (χ1n) is 12.7. The van der Waals surface area contributed by atoms with E-state index in [0.717, 1.165) is 31.5 Å². The van der Waals surface area contributed by atoms with Crippen molar-refractivity contribution in [3.05, 3.63) is 54.1 Å². The lowest BCUT2D eigenvalue weighted by Gasteiger charge is -2.38.